The van der Waals surface area contributed by atoms with Crippen LogP contribution in [0.3, 0.4) is 0 Å². The Kier molecular flexibility index (Phi) is 5.36. The first-order chi connectivity index (χ1) is 12.4. The van der Waals surface area contributed by atoms with Gasteiger partial charge in [-0.2, -0.15) is 13.2 Å². The summed E-state index contributed by atoms with van der Waals surface area (Å²) in [5.41, 5.74) is -1.34. The summed E-state index contributed by atoms with van der Waals surface area (Å²) in [7, 11) is 0. The molecule has 0 N–H and O–H groups in total. The van der Waals surface area contributed by atoms with Crippen molar-refractivity contribution >= 4 is 11.9 Å². The molecule has 9 heteroatoms. The maximum Gasteiger partial charge on any atom is 0.434 e. The molecule has 1 aliphatic heterocycles. The SMILES string of the molecule is O=C(OCc1ccccc1)c1cnc(N2CCOCC2)nc1C(F)(F)F. The first kappa shape index (κ1) is 18.1. The highest BCUT2D eigenvalue weighted by Gasteiger charge is 2.39. The Labute approximate surface area is 147 Å². The molecule has 0 bridgehead atoms. The average Bonchev–Trinajstić information content (AvgIpc) is 2.66. The van der Waals surface area contributed by atoms with E-state index >= 15 is 0 Å². The Morgan fingerprint density at radius 1 is 1.19 bits per heavy atom. The molecule has 1 aromatic carbocycles. The Morgan fingerprint density at radius 3 is 2.54 bits per heavy atom. The topological polar surface area (TPSA) is 64.5 Å². The van der Waals surface area contributed by atoms with Crippen molar-refractivity contribution in [2.75, 3.05) is 31.2 Å². The molecule has 2 aromatic rings. The van der Waals surface area contributed by atoms with Crippen LogP contribution >= 0.6 is 0 Å². The van der Waals surface area contributed by atoms with Gasteiger partial charge in [0.1, 0.15) is 12.2 Å². The summed E-state index contributed by atoms with van der Waals surface area (Å²) in [6, 6.07) is 8.67. The van der Waals surface area contributed by atoms with Crippen molar-refractivity contribution in [3.8, 4) is 0 Å². The maximum absolute atomic E-state index is 13.4. The lowest BCUT2D eigenvalue weighted by atomic mass is 10.2. The number of esters is 1. The zero-order chi connectivity index (χ0) is 18.6. The summed E-state index contributed by atoms with van der Waals surface area (Å²) in [5, 5.41) is 0. The number of morpholine rings is 1. The Bertz CT molecular complexity index is 763. The third-order valence-corrected chi connectivity index (χ3v) is 3.77. The second kappa shape index (κ2) is 7.69. The third kappa shape index (κ3) is 4.29. The number of anilines is 1. The van der Waals surface area contributed by atoms with Crippen LogP contribution in [0, 0.1) is 0 Å². The summed E-state index contributed by atoms with van der Waals surface area (Å²) in [6.07, 6.45) is -3.93. The van der Waals surface area contributed by atoms with E-state index in [1.807, 2.05) is 0 Å². The number of rotatable bonds is 4. The van der Waals surface area contributed by atoms with E-state index in [-0.39, 0.29) is 12.6 Å². The molecule has 0 amide bonds. The van der Waals surface area contributed by atoms with Gasteiger partial charge in [0.05, 0.1) is 13.2 Å². The number of hydrogen-bond donors (Lipinski definition) is 0. The monoisotopic (exact) mass is 367 g/mol. The van der Waals surface area contributed by atoms with Crippen molar-refractivity contribution in [3.05, 3.63) is 53.3 Å². The highest BCUT2D eigenvalue weighted by atomic mass is 19.4. The number of ether oxygens (including phenoxy) is 2. The Morgan fingerprint density at radius 2 is 1.88 bits per heavy atom. The van der Waals surface area contributed by atoms with E-state index in [0.29, 0.717) is 31.9 Å². The molecule has 3 rings (SSSR count). The van der Waals surface area contributed by atoms with E-state index in [2.05, 4.69) is 9.97 Å². The fourth-order valence-electron chi connectivity index (χ4n) is 2.45. The van der Waals surface area contributed by atoms with Crippen molar-refractivity contribution in [1.82, 2.24) is 9.97 Å². The van der Waals surface area contributed by atoms with Crippen LogP contribution < -0.4 is 4.90 Å². The standard InChI is InChI=1S/C17H16F3N3O3/c18-17(19,20)14-13(15(24)26-11-12-4-2-1-3-5-12)10-21-16(22-14)23-6-8-25-9-7-23/h1-5,10H,6-9,11H2. The molecular formula is C17H16F3N3O3. The lowest BCUT2D eigenvalue weighted by Gasteiger charge is -2.27. The molecule has 0 spiro atoms. The van der Waals surface area contributed by atoms with Crippen molar-refractivity contribution < 1.29 is 27.4 Å². The van der Waals surface area contributed by atoms with Gasteiger partial charge in [-0.1, -0.05) is 30.3 Å². The lowest BCUT2D eigenvalue weighted by Crippen LogP contribution is -2.38. The van der Waals surface area contributed by atoms with Crippen molar-refractivity contribution in [2.45, 2.75) is 12.8 Å². The Hall–Kier alpha value is -2.68. The normalized spacial score (nSPS) is 15.0. The average molecular weight is 367 g/mol. The second-order valence-electron chi connectivity index (χ2n) is 5.59. The van der Waals surface area contributed by atoms with Gasteiger partial charge in [-0.15, -0.1) is 0 Å². The lowest BCUT2D eigenvalue weighted by molar-refractivity contribution is -0.141. The summed E-state index contributed by atoms with van der Waals surface area (Å²) >= 11 is 0. The minimum atomic E-state index is -4.80. The number of nitrogens with zero attached hydrogens (tertiary/aromatic N) is 3. The highest BCUT2D eigenvalue weighted by Crippen LogP contribution is 2.32. The van der Waals surface area contributed by atoms with Gasteiger partial charge in [0.2, 0.25) is 5.95 Å². The molecule has 0 radical (unpaired) electrons. The van der Waals surface area contributed by atoms with Crippen LogP contribution in [-0.4, -0.2) is 42.2 Å². The van der Waals surface area contributed by atoms with Crippen LogP contribution in [0.5, 0.6) is 0 Å². The molecule has 26 heavy (non-hydrogen) atoms. The van der Waals surface area contributed by atoms with E-state index in [9.17, 15) is 18.0 Å². The first-order valence-corrected chi connectivity index (χ1v) is 7.93. The van der Waals surface area contributed by atoms with Crippen molar-refractivity contribution in [2.24, 2.45) is 0 Å². The van der Waals surface area contributed by atoms with Crippen LogP contribution in [0.1, 0.15) is 21.6 Å². The van der Waals surface area contributed by atoms with Crippen LogP contribution in [0.15, 0.2) is 36.5 Å². The summed E-state index contributed by atoms with van der Waals surface area (Å²) in [5.74, 6) is -1.20. The number of aromatic nitrogens is 2. The van der Waals surface area contributed by atoms with Crippen LogP contribution in [0.2, 0.25) is 0 Å². The quantitative estimate of drug-likeness (QED) is 0.775. The van der Waals surface area contributed by atoms with E-state index in [0.717, 1.165) is 6.20 Å². The molecule has 2 heterocycles. The molecule has 1 aliphatic rings. The van der Waals surface area contributed by atoms with E-state index < -0.39 is 23.4 Å². The molecule has 0 saturated carbocycles. The summed E-state index contributed by atoms with van der Waals surface area (Å²) in [6.45, 7) is 1.39. The largest absolute Gasteiger partial charge is 0.457 e. The Balaban J connectivity index is 1.82. The molecule has 1 fully saturated rings. The smallest absolute Gasteiger partial charge is 0.434 e. The predicted molar refractivity (Wildman–Crippen MR) is 85.6 cm³/mol. The number of halogens is 3. The predicted octanol–water partition coefficient (Wildman–Crippen LogP) is 2.69. The van der Waals surface area contributed by atoms with Gasteiger partial charge in [0.15, 0.2) is 5.69 Å². The minimum Gasteiger partial charge on any atom is -0.457 e. The van der Waals surface area contributed by atoms with Gasteiger partial charge >= 0.3 is 12.1 Å². The molecule has 0 unspecified atom stereocenters. The molecule has 0 aliphatic carbocycles. The van der Waals surface area contributed by atoms with Gasteiger partial charge < -0.3 is 14.4 Å². The number of benzene rings is 1. The molecule has 6 nitrogen and oxygen atoms in total. The number of alkyl halides is 3. The third-order valence-electron chi connectivity index (χ3n) is 3.77. The molecular weight excluding hydrogens is 351 g/mol. The van der Waals surface area contributed by atoms with E-state index in [1.165, 1.54) is 0 Å². The second-order valence-corrected chi connectivity index (χ2v) is 5.59. The van der Waals surface area contributed by atoms with Crippen LogP contribution in [-0.2, 0) is 22.3 Å². The molecule has 1 saturated heterocycles. The molecule has 0 atom stereocenters. The maximum atomic E-state index is 13.4. The number of carbonyl (C=O) groups is 1. The zero-order valence-corrected chi connectivity index (χ0v) is 13.7. The minimum absolute atomic E-state index is 0.0831. The molecule has 1 aromatic heterocycles. The van der Waals surface area contributed by atoms with Crippen molar-refractivity contribution in [1.29, 1.82) is 0 Å². The van der Waals surface area contributed by atoms with Gasteiger partial charge in [0.25, 0.3) is 0 Å². The molecule has 138 valence electrons. The van der Waals surface area contributed by atoms with E-state index in [4.69, 9.17) is 9.47 Å². The fourth-order valence-corrected chi connectivity index (χ4v) is 2.45. The summed E-state index contributed by atoms with van der Waals surface area (Å²) < 4.78 is 50.3. The van der Waals surface area contributed by atoms with Crippen LogP contribution in [0.25, 0.3) is 0 Å². The number of hydrogen-bond acceptors (Lipinski definition) is 6. The van der Waals surface area contributed by atoms with Gasteiger partial charge in [-0.3, -0.25) is 0 Å². The van der Waals surface area contributed by atoms with Crippen LogP contribution in [0.4, 0.5) is 19.1 Å². The first-order valence-electron chi connectivity index (χ1n) is 7.93. The van der Waals surface area contributed by atoms with Gasteiger partial charge in [0, 0.05) is 19.3 Å². The van der Waals surface area contributed by atoms with E-state index in [1.54, 1.807) is 35.2 Å². The van der Waals surface area contributed by atoms with Gasteiger partial charge in [-0.05, 0) is 5.56 Å². The summed E-state index contributed by atoms with van der Waals surface area (Å²) in [4.78, 5) is 21.2. The fraction of sp³-hybridized carbons (Fsp3) is 0.353. The van der Waals surface area contributed by atoms with Crippen molar-refractivity contribution in [3.63, 3.8) is 0 Å². The number of carbonyl (C=O) groups excluding carboxylic acids is 1. The highest BCUT2D eigenvalue weighted by molar-refractivity contribution is 5.90. The van der Waals surface area contributed by atoms with Gasteiger partial charge in [-0.25, -0.2) is 14.8 Å². The zero-order valence-electron chi connectivity index (χ0n) is 13.7.